The predicted octanol–water partition coefficient (Wildman–Crippen LogP) is 3.60. The van der Waals surface area contributed by atoms with Crippen LogP contribution in [0.25, 0.3) is 22.9 Å². The molecule has 0 aliphatic carbocycles. The van der Waals surface area contributed by atoms with Crippen molar-refractivity contribution in [1.82, 2.24) is 0 Å². The molecule has 8 nitrogen and oxygen atoms in total. The van der Waals surface area contributed by atoms with E-state index in [1.807, 2.05) is 0 Å². The van der Waals surface area contributed by atoms with E-state index in [0.29, 0.717) is 0 Å². The molecule has 0 aliphatic rings. The summed E-state index contributed by atoms with van der Waals surface area (Å²) in [6.45, 7) is 4.78. The molecule has 0 saturated carbocycles. The van der Waals surface area contributed by atoms with Crippen molar-refractivity contribution in [3.63, 3.8) is 0 Å². The molecule has 0 saturated heterocycles. The molecule has 4 N–H and O–H groups in total. The molecule has 0 rings (SSSR count). The predicted molar refractivity (Wildman–Crippen MR) is 81.8 cm³/mol. The molecule has 0 bridgehead atoms. The molecule has 0 aromatic heterocycles. The van der Waals surface area contributed by atoms with Crippen molar-refractivity contribution >= 4 is 60.8 Å². The number of carbonyl (C=O) groups is 4. The third kappa shape index (κ3) is 127000. The Labute approximate surface area is 174 Å². The topological polar surface area (TPSA) is 163 Å². The zero-order valence-corrected chi connectivity index (χ0v) is 20.6. The van der Waals surface area contributed by atoms with Gasteiger partial charge in [-0.05, 0) is 27.7 Å². The third-order valence-corrected chi connectivity index (χ3v) is 0. The summed E-state index contributed by atoms with van der Waals surface area (Å²) in [5, 5.41) is 0. The average Bonchev–Trinajstić information content (AvgIpc) is 1.76. The van der Waals surface area contributed by atoms with E-state index in [1.165, 1.54) is 27.7 Å². The van der Waals surface area contributed by atoms with Crippen LogP contribution in [-0.4, -0.2) is 23.6 Å². The molecule has 0 aliphatic heterocycles. The molecule has 0 atom stereocenters. The molecule has 2 radical (unpaired) electrons. The van der Waals surface area contributed by atoms with Gasteiger partial charge in [0.1, 0.15) is 0 Å². The minimum absolute atomic E-state index is 0. The SMILES string of the molecule is CC([NH-])=O.CC([NH-])=O.CC([NH-])=O.CC([NH-])=O.Cl.Cl.Cl.[Ta+2].[Ta+2]. The first-order chi connectivity index (χ1) is 6.93. The van der Waals surface area contributed by atoms with Crippen molar-refractivity contribution in [2.24, 2.45) is 0 Å². The number of hydrogen-bond acceptors (Lipinski definition) is 4. The Morgan fingerprint density at radius 2 is 0.476 bits per heavy atom. The normalized spacial score (nSPS) is 4.76. The molecule has 13 heteroatoms. The zero-order valence-electron chi connectivity index (χ0n) is 11.8. The first-order valence-electron chi connectivity index (χ1n) is 3.82. The van der Waals surface area contributed by atoms with Crippen LogP contribution in [0.1, 0.15) is 27.7 Å². The second-order valence-electron chi connectivity index (χ2n) is 2.22. The van der Waals surface area contributed by atoms with Crippen LogP contribution in [0.5, 0.6) is 0 Å². The van der Waals surface area contributed by atoms with Crippen molar-refractivity contribution in [2.75, 3.05) is 0 Å². The van der Waals surface area contributed by atoms with Gasteiger partial charge in [-0.25, -0.2) is 0 Å². The van der Waals surface area contributed by atoms with E-state index in [-0.39, 0.29) is 82.0 Å². The van der Waals surface area contributed by atoms with E-state index in [0.717, 1.165) is 0 Å². The van der Waals surface area contributed by atoms with E-state index in [4.69, 9.17) is 42.1 Å². The van der Waals surface area contributed by atoms with E-state index < -0.39 is 23.6 Å². The molecular formula is C8H19Cl3N4O4Ta2. The maximum atomic E-state index is 9.11. The van der Waals surface area contributed by atoms with Crippen LogP contribution in [0.3, 0.4) is 0 Å². The summed E-state index contributed by atoms with van der Waals surface area (Å²) in [6, 6.07) is 0. The van der Waals surface area contributed by atoms with Gasteiger partial charge in [-0.15, -0.1) is 37.2 Å². The summed E-state index contributed by atoms with van der Waals surface area (Å²) in [5.41, 5.74) is 23.8. The van der Waals surface area contributed by atoms with Crippen LogP contribution in [-0.2, 0) is 63.9 Å². The van der Waals surface area contributed by atoms with Gasteiger partial charge in [0.15, 0.2) is 0 Å². The van der Waals surface area contributed by atoms with Crippen molar-refractivity contribution < 1.29 is 63.9 Å². The van der Waals surface area contributed by atoms with Crippen LogP contribution in [0.2, 0.25) is 0 Å². The molecule has 4 amide bonds. The zero-order chi connectivity index (χ0) is 14.3. The van der Waals surface area contributed by atoms with Crippen molar-refractivity contribution in [2.45, 2.75) is 27.7 Å². The fourth-order valence-electron chi connectivity index (χ4n) is 0. The summed E-state index contributed by atoms with van der Waals surface area (Å²) in [4.78, 5) is 36.4. The standard InChI is InChI=1S/4C2H5NO.3ClH.2Ta/c4*1-2(3)4;;;;;/h4*1H3,(H2,3,4);3*1H;;/q;;;;;;;2*+2/p-4. The van der Waals surface area contributed by atoms with Crippen LogP contribution in [0, 0.1) is 0 Å². The third-order valence-electron chi connectivity index (χ3n) is 0. The van der Waals surface area contributed by atoms with Gasteiger partial charge in [0.2, 0.25) is 0 Å². The number of amides is 4. The largest absolute Gasteiger partial charge is 2.00 e. The van der Waals surface area contributed by atoms with Crippen molar-refractivity contribution in [3.05, 3.63) is 22.9 Å². The minimum Gasteiger partial charge on any atom is -0.668 e. The summed E-state index contributed by atoms with van der Waals surface area (Å²) < 4.78 is 0. The number of carbonyl (C=O) groups excluding carboxylic acids is 4. The quantitative estimate of drug-likeness (QED) is 0.377. The number of rotatable bonds is 0. The van der Waals surface area contributed by atoms with Gasteiger partial charge >= 0.3 is 44.8 Å². The molecule has 21 heavy (non-hydrogen) atoms. The number of halogens is 3. The number of nitrogens with one attached hydrogen (secondary N) is 4. The Morgan fingerprint density at radius 3 is 0.476 bits per heavy atom. The van der Waals surface area contributed by atoms with Gasteiger partial charge in [0.05, 0.1) is 0 Å². The Kier molecular flexibility index (Phi) is 138. The first-order valence-corrected chi connectivity index (χ1v) is 3.82. The molecular weight excluding hydrogens is 684 g/mol. The van der Waals surface area contributed by atoms with E-state index >= 15 is 0 Å². The fourth-order valence-corrected chi connectivity index (χ4v) is 0. The summed E-state index contributed by atoms with van der Waals surface area (Å²) in [7, 11) is 0. The Hall–Kier alpha value is 0.231. The Bertz CT molecular complexity index is 186. The maximum Gasteiger partial charge on any atom is 2.00 e. The fraction of sp³-hybridized carbons (Fsp3) is 0.500. The van der Waals surface area contributed by atoms with Crippen molar-refractivity contribution in [1.29, 1.82) is 0 Å². The monoisotopic (exact) mass is 702 g/mol. The second-order valence-corrected chi connectivity index (χ2v) is 2.22. The Morgan fingerprint density at radius 1 is 0.476 bits per heavy atom. The molecule has 0 heterocycles. The summed E-state index contributed by atoms with van der Waals surface area (Å²) in [6.07, 6.45) is 0. The van der Waals surface area contributed by atoms with Crippen LogP contribution < -0.4 is 0 Å². The molecule has 0 unspecified atom stereocenters. The van der Waals surface area contributed by atoms with Gasteiger partial charge in [0, 0.05) is 23.6 Å². The minimum atomic E-state index is -0.583. The van der Waals surface area contributed by atoms with Crippen LogP contribution in [0.4, 0.5) is 0 Å². The van der Waals surface area contributed by atoms with Gasteiger partial charge in [0.25, 0.3) is 0 Å². The Balaban J connectivity index is -0.0000000121. The van der Waals surface area contributed by atoms with Gasteiger partial charge in [-0.1, -0.05) is 0 Å². The molecule has 126 valence electrons. The van der Waals surface area contributed by atoms with Gasteiger partial charge < -0.3 is 42.1 Å². The molecule has 0 aromatic rings. The summed E-state index contributed by atoms with van der Waals surface area (Å²) in [5.74, 6) is -2.33. The van der Waals surface area contributed by atoms with E-state index in [9.17, 15) is 0 Å². The number of hydrogen-bond donors (Lipinski definition) is 0. The average molecular weight is 704 g/mol. The van der Waals surface area contributed by atoms with Gasteiger partial charge in [-0.2, -0.15) is 0 Å². The molecule has 0 aromatic carbocycles. The smallest absolute Gasteiger partial charge is 0.668 e. The van der Waals surface area contributed by atoms with Crippen LogP contribution in [0.15, 0.2) is 0 Å². The molecule has 0 fully saturated rings. The van der Waals surface area contributed by atoms with E-state index in [2.05, 4.69) is 0 Å². The summed E-state index contributed by atoms with van der Waals surface area (Å²) >= 11 is 0. The van der Waals surface area contributed by atoms with E-state index in [1.54, 1.807) is 0 Å². The second kappa shape index (κ2) is 50.0. The molecule has 0 spiro atoms. The first kappa shape index (κ1) is 58.1. The maximum absolute atomic E-state index is 9.11. The van der Waals surface area contributed by atoms with Crippen LogP contribution >= 0.6 is 37.2 Å². The van der Waals surface area contributed by atoms with Gasteiger partial charge in [-0.3, -0.25) is 0 Å². The van der Waals surface area contributed by atoms with Crippen molar-refractivity contribution in [3.8, 4) is 0 Å².